The highest BCUT2D eigenvalue weighted by atomic mass is 79.9. The van der Waals surface area contributed by atoms with E-state index in [4.69, 9.17) is 5.73 Å². The highest BCUT2D eigenvalue weighted by Gasteiger charge is 2.21. The molecule has 5 nitrogen and oxygen atoms in total. The largest absolute Gasteiger partial charge is 0.382 e. The molecule has 3 heterocycles. The van der Waals surface area contributed by atoms with E-state index in [1.165, 1.54) is 6.33 Å². The van der Waals surface area contributed by atoms with Gasteiger partial charge in [-0.25, -0.2) is 9.50 Å². The lowest BCUT2D eigenvalue weighted by Gasteiger charge is -2.04. The van der Waals surface area contributed by atoms with Gasteiger partial charge in [0, 0.05) is 27.2 Å². The minimum atomic E-state index is 0.474. The summed E-state index contributed by atoms with van der Waals surface area (Å²) in [4.78, 5) is 8.79. The second-order valence-corrected chi connectivity index (χ2v) is 6.85. The molecule has 4 aromatic rings. The van der Waals surface area contributed by atoms with Gasteiger partial charge in [-0.1, -0.05) is 31.5 Å². The molecule has 0 aliphatic rings. The van der Waals surface area contributed by atoms with Crippen LogP contribution in [0.25, 0.3) is 27.5 Å². The number of nitrogens with zero attached hydrogens (tertiary/aromatic N) is 4. The smallest absolute Gasteiger partial charge is 0.152 e. The van der Waals surface area contributed by atoms with Gasteiger partial charge in [-0.3, -0.25) is 4.98 Å². The number of hydrogen-bond acceptors (Lipinski definition) is 4. The van der Waals surface area contributed by atoms with E-state index in [0.717, 1.165) is 57.0 Å². The average molecular weight is 396 g/mol. The number of rotatable bonds is 4. The van der Waals surface area contributed by atoms with Crippen molar-refractivity contribution in [1.82, 2.24) is 19.6 Å². The van der Waals surface area contributed by atoms with Gasteiger partial charge >= 0.3 is 0 Å². The number of anilines is 1. The fourth-order valence-electron chi connectivity index (χ4n) is 3.18. The molecule has 4 rings (SSSR count). The van der Waals surface area contributed by atoms with E-state index in [1.54, 1.807) is 0 Å². The molecule has 0 spiro atoms. The number of aryl methyl sites for hydroxylation is 1. The van der Waals surface area contributed by atoms with Crippen LogP contribution in [-0.4, -0.2) is 19.6 Å². The molecule has 3 aromatic heterocycles. The zero-order valence-electron chi connectivity index (χ0n) is 13.9. The first-order valence-electron chi connectivity index (χ1n) is 8.35. The third-order valence-electron chi connectivity index (χ3n) is 4.43. The van der Waals surface area contributed by atoms with E-state index in [1.807, 2.05) is 28.9 Å². The van der Waals surface area contributed by atoms with Crippen LogP contribution in [0.4, 0.5) is 5.82 Å². The van der Waals surface area contributed by atoms with Crippen molar-refractivity contribution in [2.45, 2.75) is 26.2 Å². The van der Waals surface area contributed by atoms with Crippen LogP contribution >= 0.6 is 15.9 Å². The number of unbranched alkanes of at least 4 members (excludes halogenated alkanes) is 1. The summed E-state index contributed by atoms with van der Waals surface area (Å²) in [5.41, 5.74) is 11.1. The number of nitrogens with two attached hydrogens (primary N) is 1. The van der Waals surface area contributed by atoms with Crippen molar-refractivity contribution in [3.63, 3.8) is 0 Å². The number of nitrogen functional groups attached to an aromatic ring is 1. The molecule has 0 bridgehead atoms. The molecule has 0 radical (unpaired) electrons. The maximum atomic E-state index is 6.20. The first-order valence-corrected chi connectivity index (χ1v) is 9.14. The van der Waals surface area contributed by atoms with Crippen molar-refractivity contribution in [3.8, 4) is 11.1 Å². The quantitative estimate of drug-likeness (QED) is 0.546. The minimum Gasteiger partial charge on any atom is -0.382 e. The van der Waals surface area contributed by atoms with Gasteiger partial charge in [-0.05, 0) is 40.9 Å². The van der Waals surface area contributed by atoms with Crippen molar-refractivity contribution in [2.24, 2.45) is 0 Å². The molecule has 0 amide bonds. The first kappa shape index (κ1) is 16.0. The molecule has 0 fully saturated rings. The number of hydrogen-bond donors (Lipinski definition) is 1. The van der Waals surface area contributed by atoms with Crippen LogP contribution in [0, 0.1) is 0 Å². The molecule has 1 aromatic carbocycles. The maximum Gasteiger partial charge on any atom is 0.152 e. The molecule has 0 saturated carbocycles. The third kappa shape index (κ3) is 2.66. The number of halogens is 1. The van der Waals surface area contributed by atoms with Crippen molar-refractivity contribution in [2.75, 3.05) is 5.73 Å². The molecule has 6 heteroatoms. The van der Waals surface area contributed by atoms with Gasteiger partial charge in [0.05, 0.1) is 11.2 Å². The normalized spacial score (nSPS) is 11.4. The van der Waals surface area contributed by atoms with Gasteiger partial charge < -0.3 is 5.73 Å². The number of benzene rings is 1. The average Bonchev–Trinajstić information content (AvgIpc) is 2.92. The summed E-state index contributed by atoms with van der Waals surface area (Å²) >= 11 is 3.79. The molecule has 0 saturated heterocycles. The van der Waals surface area contributed by atoms with Crippen LogP contribution in [0.5, 0.6) is 0 Å². The SMILES string of the molecule is CCCCc1c(Br)c(-c2cnc3ccccc3c2)c2c(N)ncnn12. The lowest BCUT2D eigenvalue weighted by atomic mass is 10.1. The number of fused-ring (bicyclic) bond motifs is 2. The summed E-state index contributed by atoms with van der Waals surface area (Å²) in [6, 6.07) is 10.2. The lowest BCUT2D eigenvalue weighted by molar-refractivity contribution is 0.738. The van der Waals surface area contributed by atoms with Crippen molar-refractivity contribution in [1.29, 1.82) is 0 Å². The molecule has 0 aliphatic heterocycles. The van der Waals surface area contributed by atoms with Gasteiger partial charge in [0.1, 0.15) is 11.8 Å². The Hall–Kier alpha value is -2.47. The second kappa shape index (κ2) is 6.44. The Labute approximate surface area is 154 Å². The van der Waals surface area contributed by atoms with Crippen LogP contribution < -0.4 is 5.73 Å². The monoisotopic (exact) mass is 395 g/mol. The standard InChI is InChI=1S/C19H18BrN5/c1-2-3-8-15-17(20)16(18-19(21)23-11-24-25(15)18)13-9-12-6-4-5-7-14(12)22-10-13/h4-7,9-11H,2-3,8H2,1H3,(H2,21,23,24). The summed E-state index contributed by atoms with van der Waals surface area (Å²) in [5.74, 6) is 0.474. The summed E-state index contributed by atoms with van der Waals surface area (Å²) in [5, 5.41) is 5.53. The second-order valence-electron chi connectivity index (χ2n) is 6.06. The van der Waals surface area contributed by atoms with Gasteiger partial charge in [0.2, 0.25) is 0 Å². The Bertz CT molecular complexity index is 1070. The van der Waals surface area contributed by atoms with Crippen molar-refractivity contribution < 1.29 is 0 Å². The molecule has 126 valence electrons. The Morgan fingerprint density at radius 2 is 2.04 bits per heavy atom. The zero-order chi connectivity index (χ0) is 17.4. The molecular weight excluding hydrogens is 378 g/mol. The Balaban J connectivity index is 2.00. The van der Waals surface area contributed by atoms with E-state index >= 15 is 0 Å². The summed E-state index contributed by atoms with van der Waals surface area (Å²) < 4.78 is 2.93. The highest BCUT2D eigenvalue weighted by Crippen LogP contribution is 2.39. The Morgan fingerprint density at radius 3 is 2.88 bits per heavy atom. The fraction of sp³-hybridized carbons (Fsp3) is 0.211. The lowest BCUT2D eigenvalue weighted by Crippen LogP contribution is -2.02. The van der Waals surface area contributed by atoms with E-state index in [9.17, 15) is 0 Å². The van der Waals surface area contributed by atoms with Crippen molar-refractivity contribution in [3.05, 3.63) is 53.0 Å². The first-order chi connectivity index (χ1) is 12.2. The van der Waals surface area contributed by atoms with Gasteiger partial charge in [-0.15, -0.1) is 0 Å². The molecule has 2 N–H and O–H groups in total. The number of para-hydroxylation sites is 1. The van der Waals surface area contributed by atoms with E-state index in [0.29, 0.717) is 5.82 Å². The van der Waals surface area contributed by atoms with Crippen LogP contribution in [-0.2, 0) is 6.42 Å². The summed E-state index contributed by atoms with van der Waals surface area (Å²) in [6.07, 6.45) is 6.53. The number of aromatic nitrogens is 4. The predicted molar refractivity (Wildman–Crippen MR) is 104 cm³/mol. The van der Waals surface area contributed by atoms with Crippen molar-refractivity contribution >= 4 is 38.2 Å². The van der Waals surface area contributed by atoms with Crippen LogP contribution in [0.2, 0.25) is 0 Å². The van der Waals surface area contributed by atoms with Crippen LogP contribution in [0.1, 0.15) is 25.5 Å². The molecule has 0 unspecified atom stereocenters. The summed E-state index contributed by atoms with van der Waals surface area (Å²) in [7, 11) is 0. The number of pyridine rings is 1. The van der Waals surface area contributed by atoms with Crippen LogP contribution in [0.3, 0.4) is 0 Å². The topological polar surface area (TPSA) is 69.1 Å². The van der Waals surface area contributed by atoms with E-state index in [2.05, 4.69) is 50.1 Å². The van der Waals surface area contributed by atoms with E-state index < -0.39 is 0 Å². The van der Waals surface area contributed by atoms with Gasteiger partial charge in [-0.2, -0.15) is 5.10 Å². The Kier molecular flexibility index (Phi) is 4.13. The molecule has 25 heavy (non-hydrogen) atoms. The third-order valence-corrected chi connectivity index (χ3v) is 5.28. The molecule has 0 aliphatic carbocycles. The predicted octanol–water partition coefficient (Wildman–Crippen LogP) is 4.63. The molecule has 0 atom stereocenters. The Morgan fingerprint density at radius 1 is 1.20 bits per heavy atom. The fourth-order valence-corrected chi connectivity index (χ4v) is 3.96. The summed E-state index contributed by atoms with van der Waals surface area (Å²) in [6.45, 7) is 2.18. The maximum absolute atomic E-state index is 6.20. The van der Waals surface area contributed by atoms with Crippen LogP contribution in [0.15, 0.2) is 47.3 Å². The minimum absolute atomic E-state index is 0.474. The molecular formula is C19H18BrN5. The van der Waals surface area contributed by atoms with Gasteiger partial charge in [0.15, 0.2) is 5.82 Å². The van der Waals surface area contributed by atoms with E-state index in [-0.39, 0.29) is 0 Å². The highest BCUT2D eigenvalue weighted by molar-refractivity contribution is 9.10. The van der Waals surface area contributed by atoms with Gasteiger partial charge in [0.25, 0.3) is 0 Å². The zero-order valence-corrected chi connectivity index (χ0v) is 15.5.